The van der Waals surface area contributed by atoms with Gasteiger partial charge in [-0.2, -0.15) is 17.6 Å². The summed E-state index contributed by atoms with van der Waals surface area (Å²) in [6.45, 7) is 0.861. The molecule has 0 bridgehead atoms. The minimum Gasteiger partial charge on any atom is -0.493 e. The number of hydrogen-bond acceptors (Lipinski definition) is 5. The normalized spacial score (nSPS) is 26.4. The van der Waals surface area contributed by atoms with Gasteiger partial charge in [0.05, 0.1) is 7.11 Å². The van der Waals surface area contributed by atoms with Crippen LogP contribution in [0.5, 0.6) is 5.75 Å². The lowest BCUT2D eigenvalue weighted by Gasteiger charge is -2.34. The lowest BCUT2D eigenvalue weighted by Crippen LogP contribution is -2.49. The number of nitrogens with zero attached hydrogens (tertiary/aromatic N) is 1. The fraction of sp³-hybridized carbons (Fsp3) is 0.435. The van der Waals surface area contributed by atoms with E-state index in [9.17, 15) is 31.5 Å². The van der Waals surface area contributed by atoms with Crippen molar-refractivity contribution in [3.05, 3.63) is 53.4 Å². The SMILES string of the molecule is COc1c([C@H]2[C@@H](C3CC3)[C@@](C)(C(F)(F)F)O[C@H]2C(=O)Nc2ccnc(C(N)=O)c2)ccc(F)c1F. The summed E-state index contributed by atoms with van der Waals surface area (Å²) in [5.41, 5.74) is 2.21. The molecule has 1 aliphatic carbocycles. The zero-order chi connectivity index (χ0) is 25.7. The van der Waals surface area contributed by atoms with Crippen molar-refractivity contribution < 1.29 is 41.0 Å². The zero-order valence-electron chi connectivity index (χ0n) is 18.7. The van der Waals surface area contributed by atoms with Crippen molar-refractivity contribution in [2.24, 2.45) is 17.6 Å². The van der Waals surface area contributed by atoms with Crippen LogP contribution in [0.25, 0.3) is 0 Å². The van der Waals surface area contributed by atoms with E-state index in [-0.39, 0.29) is 16.9 Å². The topological polar surface area (TPSA) is 104 Å². The number of ether oxygens (including phenoxy) is 2. The predicted octanol–water partition coefficient (Wildman–Crippen LogP) is 3.94. The summed E-state index contributed by atoms with van der Waals surface area (Å²) in [6, 6.07) is 4.36. The Morgan fingerprint density at radius 3 is 2.49 bits per heavy atom. The van der Waals surface area contributed by atoms with Crippen molar-refractivity contribution in [3.63, 3.8) is 0 Å². The van der Waals surface area contributed by atoms with Gasteiger partial charge in [-0.15, -0.1) is 0 Å². The second kappa shape index (κ2) is 8.74. The van der Waals surface area contributed by atoms with Gasteiger partial charge < -0.3 is 20.5 Å². The molecule has 1 aromatic heterocycles. The van der Waals surface area contributed by atoms with E-state index >= 15 is 0 Å². The maximum Gasteiger partial charge on any atom is 0.417 e. The Balaban J connectivity index is 1.81. The number of anilines is 1. The molecule has 12 heteroatoms. The van der Waals surface area contributed by atoms with Crippen molar-refractivity contribution in [1.82, 2.24) is 4.98 Å². The van der Waals surface area contributed by atoms with E-state index in [0.29, 0.717) is 12.8 Å². The summed E-state index contributed by atoms with van der Waals surface area (Å²) >= 11 is 0. The lowest BCUT2D eigenvalue weighted by molar-refractivity contribution is -0.275. The minimum atomic E-state index is -4.87. The van der Waals surface area contributed by atoms with E-state index in [2.05, 4.69) is 10.3 Å². The highest BCUT2D eigenvalue weighted by Gasteiger charge is 2.70. The Labute approximate surface area is 196 Å². The molecule has 35 heavy (non-hydrogen) atoms. The Hall–Kier alpha value is -3.28. The number of rotatable bonds is 6. The number of aromatic nitrogens is 1. The third-order valence-electron chi connectivity index (χ3n) is 6.60. The molecule has 4 atom stereocenters. The van der Waals surface area contributed by atoms with Gasteiger partial charge in [0.15, 0.2) is 17.2 Å². The summed E-state index contributed by atoms with van der Waals surface area (Å²) < 4.78 is 81.9. The molecular formula is C23H22F5N3O4. The Morgan fingerprint density at radius 1 is 1.23 bits per heavy atom. The molecule has 0 unspecified atom stereocenters. The molecular weight excluding hydrogens is 477 g/mol. The molecule has 1 saturated carbocycles. The van der Waals surface area contributed by atoms with Gasteiger partial charge in [-0.3, -0.25) is 14.6 Å². The number of nitrogens with one attached hydrogen (secondary N) is 1. The molecule has 2 fully saturated rings. The molecule has 1 aliphatic heterocycles. The van der Waals surface area contributed by atoms with Gasteiger partial charge in [0.2, 0.25) is 5.82 Å². The number of alkyl halides is 3. The van der Waals surface area contributed by atoms with Crippen LogP contribution in [-0.4, -0.2) is 41.8 Å². The van der Waals surface area contributed by atoms with Crippen LogP contribution in [0.3, 0.4) is 0 Å². The monoisotopic (exact) mass is 499 g/mol. The van der Waals surface area contributed by atoms with E-state index in [1.165, 1.54) is 12.3 Å². The van der Waals surface area contributed by atoms with Crippen molar-refractivity contribution in [1.29, 1.82) is 0 Å². The predicted molar refractivity (Wildman–Crippen MR) is 113 cm³/mol. The fourth-order valence-electron chi connectivity index (χ4n) is 4.85. The molecule has 3 N–H and O–H groups in total. The number of amides is 2. The van der Waals surface area contributed by atoms with Crippen molar-refractivity contribution in [2.75, 3.05) is 12.4 Å². The number of halogens is 5. The van der Waals surface area contributed by atoms with Crippen LogP contribution in [0, 0.1) is 23.5 Å². The van der Waals surface area contributed by atoms with Crippen LogP contribution >= 0.6 is 0 Å². The van der Waals surface area contributed by atoms with Crippen LogP contribution in [0.1, 0.15) is 41.7 Å². The summed E-state index contributed by atoms with van der Waals surface area (Å²) in [4.78, 5) is 28.4. The van der Waals surface area contributed by atoms with Gasteiger partial charge >= 0.3 is 6.18 Å². The van der Waals surface area contributed by atoms with Crippen molar-refractivity contribution in [2.45, 2.75) is 43.6 Å². The highest BCUT2D eigenvalue weighted by molar-refractivity contribution is 5.97. The van der Waals surface area contributed by atoms with Crippen molar-refractivity contribution in [3.8, 4) is 5.75 Å². The van der Waals surface area contributed by atoms with Gasteiger partial charge in [-0.05, 0) is 43.9 Å². The fourth-order valence-corrected chi connectivity index (χ4v) is 4.85. The Kier molecular flexibility index (Phi) is 6.20. The van der Waals surface area contributed by atoms with E-state index in [1.54, 1.807) is 0 Å². The van der Waals surface area contributed by atoms with Crippen LogP contribution in [-0.2, 0) is 9.53 Å². The lowest BCUT2D eigenvalue weighted by atomic mass is 9.73. The molecule has 1 saturated heterocycles. The third kappa shape index (κ3) is 4.30. The molecule has 2 amide bonds. The van der Waals surface area contributed by atoms with E-state index in [0.717, 1.165) is 32.2 Å². The second-order valence-corrected chi connectivity index (χ2v) is 8.80. The minimum absolute atomic E-state index is 0.0435. The smallest absolute Gasteiger partial charge is 0.417 e. The number of nitrogens with two attached hydrogens (primary N) is 1. The number of hydrogen-bond donors (Lipinski definition) is 2. The molecule has 1 aromatic carbocycles. The van der Waals surface area contributed by atoms with Crippen molar-refractivity contribution >= 4 is 17.5 Å². The maximum atomic E-state index is 14.6. The van der Waals surface area contributed by atoms with Gasteiger partial charge in [0.1, 0.15) is 11.8 Å². The van der Waals surface area contributed by atoms with E-state index < -0.39 is 64.8 Å². The molecule has 0 radical (unpaired) electrons. The first-order valence-electron chi connectivity index (χ1n) is 10.7. The van der Waals surface area contributed by atoms with E-state index in [4.69, 9.17) is 15.2 Å². The van der Waals surface area contributed by atoms with Gasteiger partial charge in [0, 0.05) is 29.3 Å². The highest BCUT2D eigenvalue weighted by atomic mass is 19.4. The van der Waals surface area contributed by atoms with Crippen LogP contribution in [0.2, 0.25) is 0 Å². The largest absolute Gasteiger partial charge is 0.493 e. The van der Waals surface area contributed by atoms with Gasteiger partial charge in [0.25, 0.3) is 11.8 Å². The number of benzene rings is 1. The van der Waals surface area contributed by atoms with Gasteiger partial charge in [-0.1, -0.05) is 6.07 Å². The highest BCUT2D eigenvalue weighted by Crippen LogP contribution is 2.62. The maximum absolute atomic E-state index is 14.6. The summed E-state index contributed by atoms with van der Waals surface area (Å²) in [6.07, 6.45) is -4.49. The first kappa shape index (κ1) is 24.8. The van der Waals surface area contributed by atoms with E-state index in [1.807, 2.05) is 0 Å². The number of carbonyl (C=O) groups is 2. The average molecular weight is 499 g/mol. The first-order chi connectivity index (χ1) is 16.4. The number of carbonyl (C=O) groups excluding carboxylic acids is 2. The second-order valence-electron chi connectivity index (χ2n) is 8.80. The van der Waals surface area contributed by atoms with Crippen LogP contribution < -0.4 is 15.8 Å². The number of pyridine rings is 1. The number of primary amides is 1. The average Bonchev–Trinajstić information content (AvgIpc) is 3.57. The summed E-state index contributed by atoms with van der Waals surface area (Å²) in [5.74, 6) is -8.09. The molecule has 7 nitrogen and oxygen atoms in total. The molecule has 4 rings (SSSR count). The molecule has 0 spiro atoms. The summed E-state index contributed by atoms with van der Waals surface area (Å²) in [7, 11) is 1.06. The summed E-state index contributed by atoms with van der Waals surface area (Å²) in [5, 5.41) is 2.42. The molecule has 2 aromatic rings. The Morgan fingerprint density at radius 2 is 1.91 bits per heavy atom. The van der Waals surface area contributed by atoms with Crippen LogP contribution in [0.4, 0.5) is 27.6 Å². The van der Waals surface area contributed by atoms with Gasteiger partial charge in [-0.25, -0.2) is 4.39 Å². The Bertz CT molecular complexity index is 1170. The molecule has 188 valence electrons. The molecule has 2 aliphatic rings. The first-order valence-corrected chi connectivity index (χ1v) is 10.7. The molecule has 2 heterocycles. The number of methoxy groups -OCH3 is 1. The van der Waals surface area contributed by atoms with Crippen LogP contribution in [0.15, 0.2) is 30.5 Å². The quantitative estimate of drug-likeness (QED) is 0.587. The third-order valence-corrected chi connectivity index (χ3v) is 6.60. The zero-order valence-corrected chi connectivity index (χ0v) is 18.7. The standard InChI is InChI=1S/C23H22F5N3O4/c1-22(23(26,27)28)16(10-3-4-10)15(12-5-6-13(24)17(25)18(12)34-2)19(35-22)21(33)31-11-7-8-30-14(9-11)20(29)32/h5-10,15-16,19H,3-4H2,1-2H3,(H2,29,32)(H,30,31,33)/t15-,16+,19+,22-/m0/s1.